The van der Waals surface area contributed by atoms with E-state index < -0.39 is 114 Å². The molecule has 19 nitrogen and oxygen atoms in total. The highest BCUT2D eigenvalue weighted by Crippen LogP contribution is 2.51. The smallest absolute Gasteiger partial charge is 0.340 e. The maximum Gasteiger partial charge on any atom is 0.340 e. The van der Waals surface area contributed by atoms with Crippen molar-refractivity contribution in [2.45, 2.75) is 99.8 Å². The first-order chi connectivity index (χ1) is 26.5. The lowest BCUT2D eigenvalue weighted by Gasteiger charge is -2.55. The Bertz CT molecular complexity index is 1550. The number of amides is 2. The molecule has 6 rings (SSSR count). The molecule has 3 saturated carbocycles. The van der Waals surface area contributed by atoms with Gasteiger partial charge in [-0.05, 0) is 43.4 Å². The summed E-state index contributed by atoms with van der Waals surface area (Å²) in [6.07, 6.45) is -6.25. The summed E-state index contributed by atoms with van der Waals surface area (Å²) < 4.78 is 17.7. The molecular weight excluding hydrogens is 736 g/mol. The van der Waals surface area contributed by atoms with E-state index in [2.05, 4.69) is 10.3 Å². The van der Waals surface area contributed by atoms with Crippen LogP contribution in [-0.2, 0) is 33.4 Å². The molecule has 0 radical (unpaired) electrons. The molecule has 3 aliphatic heterocycles. The second-order valence-corrected chi connectivity index (χ2v) is 16.8. The molecule has 0 aromatic rings. The number of ether oxygens (including phenoxy) is 3. The number of Topliss-reactive ketones (excluding diaryl/α,β-unsaturated/α-hetero) is 2. The van der Waals surface area contributed by atoms with E-state index in [1.165, 1.54) is 7.11 Å². The maximum atomic E-state index is 14.5. The Morgan fingerprint density at radius 2 is 1.73 bits per heavy atom. The minimum atomic E-state index is -2.97. The number of ketones is 2. The van der Waals surface area contributed by atoms with Gasteiger partial charge in [0, 0.05) is 56.4 Å². The molecule has 0 bridgehead atoms. The van der Waals surface area contributed by atoms with Gasteiger partial charge < -0.3 is 50.2 Å². The van der Waals surface area contributed by atoms with Crippen molar-refractivity contribution in [3.05, 3.63) is 12.2 Å². The van der Waals surface area contributed by atoms with Crippen LogP contribution in [0.25, 0.3) is 0 Å². The third kappa shape index (κ3) is 7.68. The molecule has 17 unspecified atom stereocenters. The number of carbonyl (C=O) groups is 4. The predicted octanol–water partition coefficient (Wildman–Crippen LogP) is -6.89. The number of guanidine groups is 1. The number of rotatable bonds is 11. The van der Waals surface area contributed by atoms with Crippen LogP contribution in [0.2, 0.25) is 0 Å². The normalized spacial score (nSPS) is 45.1. The molecule has 0 aromatic carbocycles. The number of quaternary nitrogens is 1. The summed E-state index contributed by atoms with van der Waals surface area (Å²) in [4.78, 5) is 57.6. The zero-order valence-electron chi connectivity index (χ0n) is 32.1. The van der Waals surface area contributed by atoms with E-state index in [0.29, 0.717) is 25.8 Å². The van der Waals surface area contributed by atoms with Crippen LogP contribution in [0.1, 0.15) is 45.4 Å². The van der Waals surface area contributed by atoms with Crippen molar-refractivity contribution in [2.75, 3.05) is 40.4 Å². The van der Waals surface area contributed by atoms with Gasteiger partial charge in [-0.15, -0.1) is 0 Å². The number of methoxy groups -OCH3 is 1. The van der Waals surface area contributed by atoms with Crippen LogP contribution in [-0.4, -0.2) is 160 Å². The lowest BCUT2D eigenvalue weighted by atomic mass is 9.53. The molecule has 2 saturated heterocycles. The molecule has 17 atom stereocenters. The first-order valence-electron chi connectivity index (χ1n) is 19.7. The predicted molar refractivity (Wildman–Crippen MR) is 192 cm³/mol. The SMILES string of the molecule is C[NH+]=C(N)NCC1C(C)CC2C(=O)C3CC(OC)CC(OC4OC(O)(CO)C(O)(CC(CN5C(=O)C=CC5=O)C5CC[NH2+]C(N)C5)C(O)C4O)C3C(=O)C2C1O. The zero-order chi connectivity index (χ0) is 40.9. The lowest BCUT2D eigenvalue weighted by Crippen LogP contribution is -2.94. The van der Waals surface area contributed by atoms with Crippen LogP contribution < -0.4 is 27.1 Å². The number of hydrogen-bond acceptors (Lipinski definition) is 14. The van der Waals surface area contributed by atoms with Gasteiger partial charge in [-0.2, -0.15) is 0 Å². The number of carbonyl (C=O) groups excluding carboxylic acids is 4. The van der Waals surface area contributed by atoms with Gasteiger partial charge >= 0.3 is 5.96 Å². The van der Waals surface area contributed by atoms with Gasteiger partial charge in [0.2, 0.25) is 5.79 Å². The quantitative estimate of drug-likeness (QED) is 0.0526. The van der Waals surface area contributed by atoms with Crippen LogP contribution in [0, 0.1) is 47.3 Å². The number of fused-ring (bicyclic) bond motifs is 2. The average molecular weight is 797 g/mol. The van der Waals surface area contributed by atoms with Crippen molar-refractivity contribution in [1.82, 2.24) is 10.2 Å². The summed E-state index contributed by atoms with van der Waals surface area (Å²) in [6, 6.07) is 0. The Labute approximate surface area is 324 Å². The van der Waals surface area contributed by atoms with Crippen LogP contribution in [0.15, 0.2) is 12.2 Å². The molecule has 0 spiro atoms. The number of piperidine rings is 1. The second kappa shape index (κ2) is 16.7. The van der Waals surface area contributed by atoms with Crippen molar-refractivity contribution < 1.29 is 74.3 Å². The number of hydrogen-bond donors (Lipinski definition) is 11. The highest BCUT2D eigenvalue weighted by molar-refractivity contribution is 6.12. The van der Waals surface area contributed by atoms with Gasteiger partial charge in [-0.3, -0.25) is 45.9 Å². The second-order valence-electron chi connectivity index (χ2n) is 16.8. The Balaban J connectivity index is 1.25. The Kier molecular flexibility index (Phi) is 12.7. The molecule has 3 heterocycles. The van der Waals surface area contributed by atoms with Crippen molar-refractivity contribution in [3.63, 3.8) is 0 Å². The van der Waals surface area contributed by atoms with E-state index in [4.69, 9.17) is 25.7 Å². The molecular formula is C37H60N6O13+2. The van der Waals surface area contributed by atoms with Gasteiger partial charge in [0.15, 0.2) is 6.29 Å². The topological polar surface area (TPSA) is 315 Å². The molecule has 3 aliphatic carbocycles. The summed E-state index contributed by atoms with van der Waals surface area (Å²) in [7, 11) is 3.08. The number of imide groups is 1. The van der Waals surface area contributed by atoms with E-state index in [0.717, 1.165) is 17.1 Å². The Morgan fingerprint density at radius 1 is 1.05 bits per heavy atom. The molecule has 56 heavy (non-hydrogen) atoms. The van der Waals surface area contributed by atoms with Crippen molar-refractivity contribution in [3.8, 4) is 0 Å². The monoisotopic (exact) mass is 796 g/mol. The molecule has 6 aliphatic rings. The third-order valence-electron chi connectivity index (χ3n) is 13.7. The van der Waals surface area contributed by atoms with Crippen molar-refractivity contribution in [1.29, 1.82) is 0 Å². The van der Waals surface area contributed by atoms with Gasteiger partial charge in [-0.1, -0.05) is 6.92 Å². The summed E-state index contributed by atoms with van der Waals surface area (Å²) in [5.41, 5.74) is 9.33. The van der Waals surface area contributed by atoms with Crippen LogP contribution in [0.3, 0.4) is 0 Å². The minimum absolute atomic E-state index is 0.0384. The average Bonchev–Trinajstić information content (AvgIpc) is 3.49. The van der Waals surface area contributed by atoms with Crippen LogP contribution >= 0.6 is 0 Å². The number of aliphatic hydroxyl groups excluding tert-OH is 4. The number of nitrogens with one attached hydrogen (secondary N) is 2. The van der Waals surface area contributed by atoms with Gasteiger partial charge in [0.25, 0.3) is 11.8 Å². The summed E-state index contributed by atoms with van der Waals surface area (Å²) in [5.74, 6) is -9.86. The molecule has 5 fully saturated rings. The fourth-order valence-electron chi connectivity index (χ4n) is 10.5. The van der Waals surface area contributed by atoms with E-state index in [9.17, 15) is 49.8 Å². The van der Waals surface area contributed by atoms with E-state index >= 15 is 0 Å². The lowest BCUT2D eigenvalue weighted by molar-refractivity contribution is -0.699. The first-order valence-corrected chi connectivity index (χ1v) is 19.7. The highest BCUT2D eigenvalue weighted by Gasteiger charge is 2.66. The number of nitrogens with zero attached hydrogens (tertiary/aromatic N) is 1. The Hall–Kier alpha value is -2.95. The maximum absolute atomic E-state index is 14.5. The number of nitrogens with two attached hydrogens (primary N) is 3. The molecule has 14 N–H and O–H groups in total. The van der Waals surface area contributed by atoms with Gasteiger partial charge in [-0.25, -0.2) is 0 Å². The third-order valence-corrected chi connectivity index (χ3v) is 13.7. The van der Waals surface area contributed by atoms with Crippen LogP contribution in [0.5, 0.6) is 0 Å². The van der Waals surface area contributed by atoms with Crippen molar-refractivity contribution in [2.24, 2.45) is 58.8 Å². The fourth-order valence-corrected chi connectivity index (χ4v) is 10.5. The van der Waals surface area contributed by atoms with Gasteiger partial charge in [0.1, 0.15) is 42.1 Å². The molecule has 19 heteroatoms. The summed E-state index contributed by atoms with van der Waals surface area (Å²) in [6.45, 7) is 1.26. The van der Waals surface area contributed by atoms with E-state index in [-0.39, 0.29) is 55.7 Å². The molecule has 0 aromatic heterocycles. The van der Waals surface area contributed by atoms with Crippen LogP contribution in [0.4, 0.5) is 0 Å². The minimum Gasteiger partial charge on any atom is -0.392 e. The fraction of sp³-hybridized carbons (Fsp3) is 0.811. The summed E-state index contributed by atoms with van der Waals surface area (Å²) in [5, 5.41) is 74.4. The number of aliphatic hydroxyl groups is 6. The van der Waals surface area contributed by atoms with Gasteiger partial charge in [0.05, 0.1) is 50.3 Å². The Morgan fingerprint density at radius 3 is 2.36 bits per heavy atom. The summed E-state index contributed by atoms with van der Waals surface area (Å²) >= 11 is 0. The first kappa shape index (κ1) is 42.7. The van der Waals surface area contributed by atoms with Crippen molar-refractivity contribution >= 4 is 29.3 Å². The largest absolute Gasteiger partial charge is 0.392 e. The zero-order valence-corrected chi connectivity index (χ0v) is 32.1. The van der Waals surface area contributed by atoms with E-state index in [1.54, 1.807) is 7.05 Å². The molecule has 314 valence electrons. The highest BCUT2D eigenvalue weighted by atomic mass is 16.8. The standard InChI is InChI=1S/C37H58N6O13/c1-16-8-20-28(30(48)22(16)13-42-35(39)40-2)31(49)27-21(29(20)47)10-19(54-3)11-23(27)55-34-32(50)33(51)36(52,37(53,15-44)56-34)12-18(17-6-7-41-24(38)9-17)14-43-25(45)4-5-26(43)46/h4-5,16-24,27-28,30,32-34,41,44,48,50-53H,6-15,38H2,1-3H3,(H3,39,40,42)/p+2. The molecule has 2 amide bonds. The van der Waals surface area contributed by atoms with E-state index in [1.807, 2.05) is 12.2 Å².